The number of hydrogen-bond donors (Lipinski definition) is 2. The van der Waals surface area contributed by atoms with E-state index in [0.717, 1.165) is 6.42 Å². The van der Waals surface area contributed by atoms with Crippen molar-refractivity contribution in [2.75, 3.05) is 18.4 Å². The second-order valence-electron chi connectivity index (χ2n) is 5.54. The third-order valence-corrected chi connectivity index (χ3v) is 4.05. The van der Waals surface area contributed by atoms with Crippen LogP contribution in [0.15, 0.2) is 18.2 Å². The summed E-state index contributed by atoms with van der Waals surface area (Å²) in [4.78, 5) is 35.3. The van der Waals surface area contributed by atoms with Crippen LogP contribution >= 0.6 is 12.4 Å². The maximum absolute atomic E-state index is 12.0. The summed E-state index contributed by atoms with van der Waals surface area (Å²) in [7, 11) is 0. The number of nitrogens with zero attached hydrogens (tertiary/aromatic N) is 2. The number of carboxylic acid groups (broad SMARTS) is 1. The fourth-order valence-electron chi connectivity index (χ4n) is 2.79. The molecule has 1 amide bonds. The Morgan fingerprint density at radius 2 is 2.17 bits per heavy atom. The minimum Gasteiger partial charge on any atom is -0.480 e. The van der Waals surface area contributed by atoms with Crippen LogP contribution in [-0.2, 0) is 9.59 Å². The summed E-state index contributed by atoms with van der Waals surface area (Å²) < 4.78 is 0. The molecule has 0 radical (unpaired) electrons. The number of benzene rings is 1. The second-order valence-corrected chi connectivity index (χ2v) is 5.54. The van der Waals surface area contributed by atoms with Crippen molar-refractivity contribution in [3.63, 3.8) is 0 Å². The zero-order valence-corrected chi connectivity index (χ0v) is 14.0. The third kappa shape index (κ3) is 4.65. The van der Waals surface area contributed by atoms with Gasteiger partial charge in [0.25, 0.3) is 5.69 Å². The molecule has 132 valence electrons. The first kappa shape index (κ1) is 19.9. The Bertz CT molecular complexity index is 638. The number of nitro groups is 1. The lowest BCUT2D eigenvalue weighted by Gasteiger charge is -2.20. The highest BCUT2D eigenvalue weighted by Crippen LogP contribution is 2.25. The first-order valence-electron chi connectivity index (χ1n) is 7.41. The molecule has 2 rings (SSSR count). The van der Waals surface area contributed by atoms with Gasteiger partial charge >= 0.3 is 5.97 Å². The molecule has 0 unspecified atom stereocenters. The molecule has 24 heavy (non-hydrogen) atoms. The van der Waals surface area contributed by atoms with Crippen molar-refractivity contribution in [2.45, 2.75) is 32.2 Å². The van der Waals surface area contributed by atoms with Crippen LogP contribution in [-0.4, -0.2) is 45.9 Å². The Kier molecular flexibility index (Phi) is 7.12. The van der Waals surface area contributed by atoms with Gasteiger partial charge in [0, 0.05) is 19.0 Å². The van der Waals surface area contributed by atoms with Gasteiger partial charge in [-0.05, 0) is 32.4 Å². The van der Waals surface area contributed by atoms with Crippen molar-refractivity contribution >= 4 is 35.7 Å². The summed E-state index contributed by atoms with van der Waals surface area (Å²) in [5.74, 6) is -1.15. The number of aliphatic carboxylic acids is 1. The minimum absolute atomic E-state index is 0. The van der Waals surface area contributed by atoms with E-state index in [1.165, 1.54) is 12.1 Å². The van der Waals surface area contributed by atoms with Crippen molar-refractivity contribution in [3.05, 3.63) is 33.9 Å². The maximum Gasteiger partial charge on any atom is 0.320 e. The molecule has 0 aromatic heterocycles. The number of halogens is 1. The number of carbonyl (C=O) groups excluding carboxylic acids is 1. The predicted octanol–water partition coefficient (Wildman–Crippen LogP) is 2.20. The Hall–Kier alpha value is -2.19. The van der Waals surface area contributed by atoms with Crippen LogP contribution in [0.2, 0.25) is 0 Å². The molecule has 1 aliphatic rings. The summed E-state index contributed by atoms with van der Waals surface area (Å²) in [6.45, 7) is 2.60. The minimum atomic E-state index is -0.863. The average Bonchev–Trinajstić information content (AvgIpc) is 2.95. The van der Waals surface area contributed by atoms with E-state index in [-0.39, 0.29) is 30.4 Å². The fourth-order valence-corrected chi connectivity index (χ4v) is 2.79. The van der Waals surface area contributed by atoms with Crippen LogP contribution in [0, 0.1) is 17.0 Å². The van der Waals surface area contributed by atoms with Crippen LogP contribution in [0.25, 0.3) is 0 Å². The first-order chi connectivity index (χ1) is 10.9. The molecule has 0 aliphatic carbocycles. The largest absolute Gasteiger partial charge is 0.480 e. The zero-order chi connectivity index (χ0) is 17.0. The number of hydrogen-bond acceptors (Lipinski definition) is 5. The predicted molar refractivity (Wildman–Crippen MR) is 90.6 cm³/mol. The van der Waals surface area contributed by atoms with Gasteiger partial charge in [-0.2, -0.15) is 0 Å². The average molecular weight is 358 g/mol. The molecule has 1 fully saturated rings. The van der Waals surface area contributed by atoms with Crippen LogP contribution in [0.3, 0.4) is 0 Å². The number of nitro benzene ring substituents is 1. The number of carbonyl (C=O) groups is 2. The number of amides is 1. The van der Waals surface area contributed by atoms with E-state index in [4.69, 9.17) is 5.11 Å². The number of likely N-dealkylation sites (tertiary alicyclic amines) is 1. The lowest BCUT2D eigenvalue weighted by Crippen LogP contribution is -2.37. The highest BCUT2D eigenvalue weighted by atomic mass is 35.5. The SMILES string of the molecule is Cc1c(NC(=O)CCN2CCC[C@H]2C(=O)O)cccc1[N+](=O)[O-].Cl. The summed E-state index contributed by atoms with van der Waals surface area (Å²) in [6, 6.07) is 3.98. The van der Waals surface area contributed by atoms with E-state index in [9.17, 15) is 19.7 Å². The second kappa shape index (κ2) is 8.60. The normalized spacial score (nSPS) is 17.1. The van der Waals surface area contributed by atoms with Gasteiger partial charge < -0.3 is 10.4 Å². The topological polar surface area (TPSA) is 113 Å². The highest BCUT2D eigenvalue weighted by molar-refractivity contribution is 5.92. The molecule has 1 heterocycles. The lowest BCUT2D eigenvalue weighted by molar-refractivity contribution is -0.385. The lowest BCUT2D eigenvalue weighted by atomic mass is 10.1. The summed E-state index contributed by atoms with van der Waals surface area (Å²) in [5, 5.41) is 22.6. The molecule has 1 aliphatic heterocycles. The molecular weight excluding hydrogens is 338 g/mol. The van der Waals surface area contributed by atoms with Gasteiger partial charge in [-0.15, -0.1) is 12.4 Å². The van der Waals surface area contributed by atoms with Crippen molar-refractivity contribution in [1.29, 1.82) is 0 Å². The van der Waals surface area contributed by atoms with Gasteiger partial charge in [-0.25, -0.2) is 0 Å². The van der Waals surface area contributed by atoms with Crippen LogP contribution in [0.4, 0.5) is 11.4 Å². The van der Waals surface area contributed by atoms with Gasteiger partial charge in [0.2, 0.25) is 5.91 Å². The molecule has 0 saturated carbocycles. The van der Waals surface area contributed by atoms with E-state index in [2.05, 4.69) is 5.32 Å². The van der Waals surface area contributed by atoms with Gasteiger partial charge in [-0.1, -0.05) is 6.07 Å². The molecule has 0 bridgehead atoms. The van der Waals surface area contributed by atoms with E-state index in [1.807, 2.05) is 0 Å². The van der Waals surface area contributed by atoms with Gasteiger partial charge in [0.15, 0.2) is 0 Å². The Labute approximate surface area is 145 Å². The van der Waals surface area contributed by atoms with E-state index in [1.54, 1.807) is 17.9 Å². The molecule has 0 spiro atoms. The summed E-state index contributed by atoms with van der Waals surface area (Å²) >= 11 is 0. The van der Waals surface area contributed by atoms with E-state index < -0.39 is 16.9 Å². The number of rotatable bonds is 6. The van der Waals surface area contributed by atoms with Crippen LogP contribution in [0.5, 0.6) is 0 Å². The quantitative estimate of drug-likeness (QED) is 0.596. The van der Waals surface area contributed by atoms with Crippen molar-refractivity contribution in [1.82, 2.24) is 4.90 Å². The standard InChI is InChI=1S/C15H19N3O5.ClH/c1-10-11(4-2-5-12(10)18(22)23)16-14(19)7-9-17-8-3-6-13(17)15(20)21;/h2,4-5,13H,3,6-9H2,1H3,(H,16,19)(H,20,21);1H/t13-;/m0./s1. The van der Waals surface area contributed by atoms with Crippen LogP contribution in [0.1, 0.15) is 24.8 Å². The summed E-state index contributed by atoms with van der Waals surface area (Å²) in [5.41, 5.74) is 0.754. The zero-order valence-electron chi connectivity index (χ0n) is 13.2. The molecule has 1 aromatic carbocycles. The summed E-state index contributed by atoms with van der Waals surface area (Å²) in [6.07, 6.45) is 1.55. The molecular formula is C15H20ClN3O5. The van der Waals surface area contributed by atoms with Crippen molar-refractivity contribution in [2.24, 2.45) is 0 Å². The maximum atomic E-state index is 12.0. The number of nitrogens with one attached hydrogen (secondary N) is 1. The number of carboxylic acids is 1. The smallest absolute Gasteiger partial charge is 0.320 e. The molecule has 9 heteroatoms. The Morgan fingerprint density at radius 3 is 2.79 bits per heavy atom. The molecule has 8 nitrogen and oxygen atoms in total. The van der Waals surface area contributed by atoms with E-state index in [0.29, 0.717) is 30.8 Å². The number of anilines is 1. The Morgan fingerprint density at radius 1 is 1.46 bits per heavy atom. The van der Waals surface area contributed by atoms with Gasteiger partial charge in [0.05, 0.1) is 16.2 Å². The van der Waals surface area contributed by atoms with Gasteiger partial charge in [-0.3, -0.25) is 24.6 Å². The molecule has 1 saturated heterocycles. The fraction of sp³-hybridized carbons (Fsp3) is 0.467. The van der Waals surface area contributed by atoms with E-state index >= 15 is 0 Å². The van der Waals surface area contributed by atoms with Gasteiger partial charge in [0.1, 0.15) is 6.04 Å². The molecule has 1 atom stereocenters. The molecule has 1 aromatic rings. The van der Waals surface area contributed by atoms with Crippen molar-refractivity contribution in [3.8, 4) is 0 Å². The van der Waals surface area contributed by atoms with Crippen LogP contribution < -0.4 is 5.32 Å². The first-order valence-corrected chi connectivity index (χ1v) is 7.41. The molecule has 2 N–H and O–H groups in total. The monoisotopic (exact) mass is 357 g/mol. The Balaban J connectivity index is 0.00000288. The highest BCUT2D eigenvalue weighted by Gasteiger charge is 2.30. The third-order valence-electron chi connectivity index (χ3n) is 4.05. The van der Waals surface area contributed by atoms with Crippen molar-refractivity contribution < 1.29 is 19.6 Å².